The average molecular weight is 494 g/mol. The molecule has 1 N–H and O–H groups in total. The van der Waals surface area contributed by atoms with Crippen LogP contribution in [0.4, 0.5) is 19.0 Å². The largest absolute Gasteiger partial charge is 0.489 e. The Bertz CT molecular complexity index is 1340. The fourth-order valence-corrected chi connectivity index (χ4v) is 3.73. The van der Waals surface area contributed by atoms with E-state index in [1.54, 1.807) is 41.9 Å². The predicted molar refractivity (Wildman–Crippen MR) is 132 cm³/mol. The predicted octanol–water partition coefficient (Wildman–Crippen LogP) is 6.65. The molecule has 0 saturated carbocycles. The smallest absolute Gasteiger partial charge is 0.416 e. The van der Waals surface area contributed by atoms with Crippen LogP contribution in [0.15, 0.2) is 78.9 Å². The number of nitrogens with zero attached hydrogens (tertiary/aromatic N) is 2. The summed E-state index contributed by atoms with van der Waals surface area (Å²) in [5, 5.41) is 7.12. The highest BCUT2D eigenvalue weighted by Crippen LogP contribution is 2.29. The summed E-state index contributed by atoms with van der Waals surface area (Å²) in [5.41, 5.74) is 2.98. The van der Waals surface area contributed by atoms with Crippen molar-refractivity contribution in [1.82, 2.24) is 9.78 Å². The molecule has 0 bridgehead atoms. The molecule has 1 amide bonds. The van der Waals surface area contributed by atoms with E-state index in [9.17, 15) is 18.0 Å². The van der Waals surface area contributed by atoms with Gasteiger partial charge in [0.05, 0.1) is 12.1 Å². The quantitative estimate of drug-likeness (QED) is 0.299. The molecule has 36 heavy (non-hydrogen) atoms. The van der Waals surface area contributed by atoms with E-state index in [2.05, 4.69) is 17.3 Å². The lowest BCUT2D eigenvalue weighted by Crippen LogP contribution is -2.13. The molecule has 0 aliphatic heterocycles. The molecule has 1 heterocycles. The van der Waals surface area contributed by atoms with E-state index in [1.165, 1.54) is 11.6 Å². The zero-order valence-corrected chi connectivity index (χ0v) is 20.0. The van der Waals surface area contributed by atoms with Crippen LogP contribution in [0.25, 0.3) is 0 Å². The molecule has 1 aromatic heterocycles. The number of anilines is 1. The highest BCUT2D eigenvalue weighted by Gasteiger charge is 2.30. The highest BCUT2D eigenvalue weighted by molar-refractivity contribution is 6.03. The molecule has 0 aliphatic rings. The number of amides is 1. The summed E-state index contributed by atoms with van der Waals surface area (Å²) < 4.78 is 46.4. The number of carbonyl (C=O) groups excluding carboxylic acids is 1. The minimum Gasteiger partial charge on any atom is -0.489 e. The summed E-state index contributed by atoms with van der Waals surface area (Å²) in [6.45, 7) is 4.34. The molecule has 0 aliphatic carbocycles. The number of benzene rings is 3. The third-order valence-electron chi connectivity index (χ3n) is 5.74. The van der Waals surface area contributed by atoms with Gasteiger partial charge in [0.1, 0.15) is 12.4 Å². The van der Waals surface area contributed by atoms with Crippen molar-refractivity contribution < 1.29 is 22.7 Å². The first kappa shape index (κ1) is 25.0. The Labute approximate surface area is 207 Å². The molecule has 0 unspecified atom stereocenters. The van der Waals surface area contributed by atoms with Crippen LogP contribution in [0.2, 0.25) is 0 Å². The fraction of sp³-hybridized carbons (Fsp3) is 0.214. The van der Waals surface area contributed by atoms with Crippen LogP contribution in [0.5, 0.6) is 5.75 Å². The highest BCUT2D eigenvalue weighted by atomic mass is 19.4. The summed E-state index contributed by atoms with van der Waals surface area (Å²) >= 11 is 0. The number of carbonyl (C=O) groups is 1. The topological polar surface area (TPSA) is 56.1 Å². The average Bonchev–Trinajstić information content (AvgIpc) is 3.21. The third-order valence-corrected chi connectivity index (χ3v) is 5.74. The van der Waals surface area contributed by atoms with Gasteiger partial charge < -0.3 is 10.1 Å². The number of alkyl halides is 3. The van der Waals surface area contributed by atoms with Crippen LogP contribution in [0.3, 0.4) is 0 Å². The molecule has 0 spiro atoms. The Hall–Kier alpha value is -4.07. The van der Waals surface area contributed by atoms with E-state index in [-0.39, 0.29) is 12.5 Å². The lowest BCUT2D eigenvalue weighted by atomic mass is 10.1. The second-order valence-electron chi connectivity index (χ2n) is 8.47. The van der Waals surface area contributed by atoms with Crippen LogP contribution in [-0.4, -0.2) is 15.7 Å². The normalized spacial score (nSPS) is 11.4. The number of aromatic nitrogens is 2. The fourth-order valence-electron chi connectivity index (χ4n) is 3.73. The standard InChI is InChI=1S/C28H26F3N3O2/c1-3-20-10-12-25(13-11-20)36-18-22-7-4-8-23(15-22)27(35)32-26-14-19(2)34(33-26)17-21-6-5-9-24(16-21)28(29,30)31/h4-16H,3,17-18H2,1-2H3,(H,32,33,35). The minimum absolute atomic E-state index is 0.150. The maximum absolute atomic E-state index is 13.0. The van der Waals surface area contributed by atoms with Crippen molar-refractivity contribution in [2.45, 2.75) is 39.6 Å². The first-order valence-electron chi connectivity index (χ1n) is 11.5. The van der Waals surface area contributed by atoms with Gasteiger partial charge in [0, 0.05) is 17.3 Å². The van der Waals surface area contributed by atoms with Crippen molar-refractivity contribution in [2.75, 3.05) is 5.32 Å². The Kier molecular flexibility index (Phi) is 7.43. The number of halogens is 3. The molecule has 0 atom stereocenters. The molecular weight excluding hydrogens is 467 g/mol. The molecule has 4 rings (SSSR count). The van der Waals surface area contributed by atoms with Crippen molar-refractivity contribution in [1.29, 1.82) is 0 Å². The summed E-state index contributed by atoms with van der Waals surface area (Å²) in [6, 6.07) is 21.8. The Morgan fingerprint density at radius 1 is 0.944 bits per heavy atom. The maximum atomic E-state index is 13.0. The summed E-state index contributed by atoms with van der Waals surface area (Å²) in [4.78, 5) is 12.8. The second kappa shape index (κ2) is 10.7. The van der Waals surface area contributed by atoms with Crippen LogP contribution in [0, 0.1) is 6.92 Å². The summed E-state index contributed by atoms with van der Waals surface area (Å²) in [7, 11) is 0. The SMILES string of the molecule is CCc1ccc(OCc2cccc(C(=O)Nc3cc(C)n(Cc4cccc(C(F)(F)F)c4)n3)c2)cc1. The Balaban J connectivity index is 1.40. The van der Waals surface area contributed by atoms with Gasteiger partial charge in [-0.1, -0.05) is 43.3 Å². The first-order valence-corrected chi connectivity index (χ1v) is 11.5. The molecular formula is C28H26F3N3O2. The van der Waals surface area contributed by atoms with Crippen molar-refractivity contribution in [3.8, 4) is 5.75 Å². The van der Waals surface area contributed by atoms with Crippen LogP contribution in [-0.2, 0) is 25.7 Å². The minimum atomic E-state index is -4.41. The van der Waals surface area contributed by atoms with E-state index in [0.717, 1.165) is 29.9 Å². The van der Waals surface area contributed by atoms with Gasteiger partial charge in [0.2, 0.25) is 0 Å². The second-order valence-corrected chi connectivity index (χ2v) is 8.47. The van der Waals surface area contributed by atoms with Crippen LogP contribution >= 0.6 is 0 Å². The molecule has 0 fully saturated rings. The van der Waals surface area contributed by atoms with Gasteiger partial charge in [-0.2, -0.15) is 18.3 Å². The number of nitrogens with one attached hydrogen (secondary N) is 1. The van der Waals surface area contributed by atoms with Crippen molar-refractivity contribution >= 4 is 11.7 Å². The van der Waals surface area contributed by atoms with E-state index in [4.69, 9.17) is 4.74 Å². The molecule has 5 nitrogen and oxygen atoms in total. The van der Waals surface area contributed by atoms with Gasteiger partial charge in [-0.15, -0.1) is 0 Å². The maximum Gasteiger partial charge on any atom is 0.416 e. The Morgan fingerprint density at radius 2 is 1.67 bits per heavy atom. The van der Waals surface area contributed by atoms with E-state index < -0.39 is 11.7 Å². The van der Waals surface area contributed by atoms with Gasteiger partial charge >= 0.3 is 6.18 Å². The third kappa shape index (κ3) is 6.33. The van der Waals surface area contributed by atoms with Crippen molar-refractivity contribution in [2.24, 2.45) is 0 Å². The molecule has 8 heteroatoms. The molecule has 186 valence electrons. The zero-order chi connectivity index (χ0) is 25.7. The number of rotatable bonds is 8. The van der Waals surface area contributed by atoms with Gasteiger partial charge in [0.25, 0.3) is 5.91 Å². The number of aryl methyl sites for hydroxylation is 2. The van der Waals surface area contributed by atoms with Gasteiger partial charge in [-0.3, -0.25) is 9.48 Å². The van der Waals surface area contributed by atoms with Crippen LogP contribution < -0.4 is 10.1 Å². The van der Waals surface area contributed by atoms with E-state index in [0.29, 0.717) is 29.2 Å². The monoisotopic (exact) mass is 493 g/mol. The number of hydrogen-bond donors (Lipinski definition) is 1. The van der Waals surface area contributed by atoms with Gasteiger partial charge in [-0.25, -0.2) is 0 Å². The zero-order valence-electron chi connectivity index (χ0n) is 20.0. The van der Waals surface area contributed by atoms with Gasteiger partial charge in [0.15, 0.2) is 5.82 Å². The van der Waals surface area contributed by atoms with Crippen LogP contribution in [0.1, 0.15) is 45.2 Å². The lowest BCUT2D eigenvalue weighted by Gasteiger charge is -2.10. The molecule has 4 aromatic rings. The van der Waals surface area contributed by atoms with Gasteiger partial charge in [-0.05, 0) is 66.4 Å². The van der Waals surface area contributed by atoms with E-state index >= 15 is 0 Å². The summed E-state index contributed by atoms with van der Waals surface area (Å²) in [6.07, 6.45) is -3.45. The van der Waals surface area contributed by atoms with Crippen molar-refractivity contribution in [3.05, 3.63) is 112 Å². The molecule has 0 saturated heterocycles. The molecule has 3 aromatic carbocycles. The number of ether oxygens (including phenoxy) is 1. The Morgan fingerprint density at radius 3 is 2.39 bits per heavy atom. The molecule has 0 radical (unpaired) electrons. The number of hydrogen-bond acceptors (Lipinski definition) is 3. The van der Waals surface area contributed by atoms with Crippen molar-refractivity contribution in [3.63, 3.8) is 0 Å². The van der Waals surface area contributed by atoms with E-state index in [1.807, 2.05) is 30.3 Å². The summed E-state index contributed by atoms with van der Waals surface area (Å²) in [5.74, 6) is 0.735. The lowest BCUT2D eigenvalue weighted by molar-refractivity contribution is -0.137. The first-order chi connectivity index (χ1) is 17.2.